The number of carbonyl (C=O) groups excluding carboxylic acids is 1. The van der Waals surface area contributed by atoms with Gasteiger partial charge in [0.25, 0.3) is 0 Å². The highest BCUT2D eigenvalue weighted by atomic mass is 16.5. The van der Waals surface area contributed by atoms with Crippen LogP contribution in [0.4, 0.5) is 0 Å². The van der Waals surface area contributed by atoms with E-state index in [2.05, 4.69) is 34.3 Å². The number of hydrogen-bond donors (Lipinski definition) is 0. The third kappa shape index (κ3) is 3.21. The molecule has 0 radical (unpaired) electrons. The van der Waals surface area contributed by atoms with E-state index in [1.165, 1.54) is 11.1 Å². The normalized spacial score (nSPS) is 20.7. The first-order valence-electron chi connectivity index (χ1n) is 9.12. The summed E-state index contributed by atoms with van der Waals surface area (Å²) in [4.78, 5) is 17.2. The summed E-state index contributed by atoms with van der Waals surface area (Å²) < 4.78 is 5.18. The second-order valence-electron chi connectivity index (χ2n) is 7.25. The fourth-order valence-electron chi connectivity index (χ4n) is 4.11. The van der Waals surface area contributed by atoms with Gasteiger partial charge in [0.05, 0.1) is 12.1 Å². The smallest absolute Gasteiger partial charge is 0.227 e. The highest BCUT2D eigenvalue weighted by Gasteiger charge is 2.32. The van der Waals surface area contributed by atoms with Gasteiger partial charge in [-0.2, -0.15) is 0 Å². The number of aromatic nitrogens is 1. The predicted molar refractivity (Wildman–Crippen MR) is 95.2 cm³/mol. The minimum Gasteiger partial charge on any atom is -0.361 e. The zero-order valence-corrected chi connectivity index (χ0v) is 15.0. The lowest BCUT2D eigenvalue weighted by atomic mass is 9.98. The van der Waals surface area contributed by atoms with Crippen molar-refractivity contribution >= 4 is 5.91 Å². The van der Waals surface area contributed by atoms with Gasteiger partial charge in [-0.1, -0.05) is 29.4 Å². The first kappa shape index (κ1) is 16.3. The van der Waals surface area contributed by atoms with Gasteiger partial charge in [-0.15, -0.1) is 0 Å². The van der Waals surface area contributed by atoms with Crippen LogP contribution in [-0.4, -0.2) is 46.5 Å². The van der Waals surface area contributed by atoms with E-state index in [9.17, 15) is 4.79 Å². The molecule has 2 aliphatic heterocycles. The standard InChI is InChI=1S/C20H25N3O2/c1-14-19(15(2)25-21-14)11-20(24)23-10-8-18(13-23)22-9-7-16-5-3-4-6-17(16)12-22/h3-6,18H,7-13H2,1-2H3. The largest absolute Gasteiger partial charge is 0.361 e. The van der Waals surface area contributed by atoms with Crippen LogP contribution < -0.4 is 0 Å². The monoisotopic (exact) mass is 339 g/mol. The molecule has 1 aromatic heterocycles. The van der Waals surface area contributed by atoms with Gasteiger partial charge in [0, 0.05) is 37.8 Å². The molecule has 5 nitrogen and oxygen atoms in total. The minimum atomic E-state index is 0.189. The van der Waals surface area contributed by atoms with Crippen molar-refractivity contribution in [2.45, 2.75) is 45.7 Å². The Hall–Kier alpha value is -2.14. The summed E-state index contributed by atoms with van der Waals surface area (Å²) in [5, 5.41) is 3.95. The molecular formula is C20H25N3O2. The molecule has 1 saturated heterocycles. The number of rotatable bonds is 3. The van der Waals surface area contributed by atoms with Crippen molar-refractivity contribution in [2.24, 2.45) is 0 Å². The van der Waals surface area contributed by atoms with Gasteiger partial charge in [0.15, 0.2) is 0 Å². The van der Waals surface area contributed by atoms with Crippen LogP contribution in [0, 0.1) is 13.8 Å². The summed E-state index contributed by atoms with van der Waals surface area (Å²) >= 11 is 0. The van der Waals surface area contributed by atoms with E-state index < -0.39 is 0 Å². The molecular weight excluding hydrogens is 314 g/mol. The fraction of sp³-hybridized carbons (Fsp3) is 0.500. The molecule has 1 unspecified atom stereocenters. The zero-order chi connectivity index (χ0) is 17.4. The molecule has 25 heavy (non-hydrogen) atoms. The van der Waals surface area contributed by atoms with Crippen LogP contribution in [0.1, 0.15) is 34.6 Å². The molecule has 5 heteroatoms. The second-order valence-corrected chi connectivity index (χ2v) is 7.25. The van der Waals surface area contributed by atoms with Gasteiger partial charge in [-0.25, -0.2) is 0 Å². The second kappa shape index (κ2) is 6.64. The molecule has 2 aliphatic rings. The summed E-state index contributed by atoms with van der Waals surface area (Å²) in [5.41, 5.74) is 4.69. The fourth-order valence-corrected chi connectivity index (χ4v) is 4.11. The molecule has 1 fully saturated rings. The van der Waals surface area contributed by atoms with E-state index in [1.807, 2.05) is 18.7 Å². The quantitative estimate of drug-likeness (QED) is 0.862. The molecule has 132 valence electrons. The number of amides is 1. The lowest BCUT2D eigenvalue weighted by molar-refractivity contribution is -0.129. The molecule has 3 heterocycles. The third-order valence-electron chi connectivity index (χ3n) is 5.70. The Morgan fingerprint density at radius 3 is 2.80 bits per heavy atom. The predicted octanol–water partition coefficient (Wildman–Crippen LogP) is 2.49. The van der Waals surface area contributed by atoms with Gasteiger partial charge in [-0.3, -0.25) is 9.69 Å². The maximum Gasteiger partial charge on any atom is 0.227 e. The molecule has 0 spiro atoms. The first-order valence-corrected chi connectivity index (χ1v) is 9.12. The maximum atomic E-state index is 12.7. The van der Waals surface area contributed by atoms with Crippen molar-refractivity contribution in [3.8, 4) is 0 Å². The van der Waals surface area contributed by atoms with Crippen molar-refractivity contribution in [3.63, 3.8) is 0 Å². The highest BCUT2D eigenvalue weighted by Crippen LogP contribution is 2.25. The van der Waals surface area contributed by atoms with Crippen molar-refractivity contribution < 1.29 is 9.32 Å². The highest BCUT2D eigenvalue weighted by molar-refractivity contribution is 5.79. The Kier molecular flexibility index (Phi) is 4.34. The van der Waals surface area contributed by atoms with Gasteiger partial charge in [0.2, 0.25) is 5.91 Å². The number of benzene rings is 1. The molecule has 1 atom stereocenters. The molecule has 0 bridgehead atoms. The van der Waals surface area contributed by atoms with E-state index in [0.717, 1.165) is 56.0 Å². The first-order chi connectivity index (χ1) is 12.1. The van der Waals surface area contributed by atoms with Crippen LogP contribution in [-0.2, 0) is 24.2 Å². The average Bonchev–Trinajstić information content (AvgIpc) is 3.24. The van der Waals surface area contributed by atoms with Gasteiger partial charge < -0.3 is 9.42 Å². The molecule has 4 rings (SSSR count). The summed E-state index contributed by atoms with van der Waals surface area (Å²) in [6.07, 6.45) is 2.58. The Labute approximate surface area is 148 Å². The summed E-state index contributed by atoms with van der Waals surface area (Å²) in [7, 11) is 0. The molecule has 0 aliphatic carbocycles. The van der Waals surface area contributed by atoms with Crippen LogP contribution in [0.3, 0.4) is 0 Å². The van der Waals surface area contributed by atoms with E-state index in [-0.39, 0.29) is 5.91 Å². The van der Waals surface area contributed by atoms with Crippen LogP contribution in [0.5, 0.6) is 0 Å². The molecule has 2 aromatic rings. The van der Waals surface area contributed by atoms with Gasteiger partial charge in [0.1, 0.15) is 5.76 Å². The maximum absolute atomic E-state index is 12.7. The number of aryl methyl sites for hydroxylation is 2. The Balaban J connectivity index is 1.38. The lowest BCUT2D eigenvalue weighted by Crippen LogP contribution is -2.41. The van der Waals surface area contributed by atoms with E-state index in [0.29, 0.717) is 12.5 Å². The molecule has 0 N–H and O–H groups in total. The summed E-state index contributed by atoms with van der Waals surface area (Å²) in [6, 6.07) is 9.19. The summed E-state index contributed by atoms with van der Waals surface area (Å²) in [6.45, 7) is 7.56. The van der Waals surface area contributed by atoms with Gasteiger partial charge >= 0.3 is 0 Å². The number of carbonyl (C=O) groups is 1. The lowest BCUT2D eigenvalue weighted by Gasteiger charge is -2.33. The van der Waals surface area contributed by atoms with E-state index in [4.69, 9.17) is 4.52 Å². The SMILES string of the molecule is Cc1noc(C)c1CC(=O)N1CCC(N2CCc3ccccc3C2)C1. The number of likely N-dealkylation sites (tertiary alicyclic amines) is 1. The molecule has 1 aromatic carbocycles. The van der Waals surface area contributed by atoms with Crippen molar-refractivity contribution in [1.29, 1.82) is 0 Å². The van der Waals surface area contributed by atoms with Crippen molar-refractivity contribution in [1.82, 2.24) is 15.0 Å². The van der Waals surface area contributed by atoms with Crippen LogP contribution in [0.25, 0.3) is 0 Å². The topological polar surface area (TPSA) is 49.6 Å². The van der Waals surface area contributed by atoms with Crippen LogP contribution >= 0.6 is 0 Å². The Morgan fingerprint density at radius 1 is 1.24 bits per heavy atom. The number of nitrogens with zero attached hydrogens (tertiary/aromatic N) is 3. The molecule has 1 amide bonds. The summed E-state index contributed by atoms with van der Waals surface area (Å²) in [5.74, 6) is 0.948. The Bertz CT molecular complexity index is 763. The molecule has 0 saturated carbocycles. The van der Waals surface area contributed by atoms with Crippen LogP contribution in [0.2, 0.25) is 0 Å². The Morgan fingerprint density at radius 2 is 2.04 bits per heavy atom. The third-order valence-corrected chi connectivity index (χ3v) is 5.70. The van der Waals surface area contributed by atoms with Gasteiger partial charge in [-0.05, 0) is 37.8 Å². The number of hydrogen-bond acceptors (Lipinski definition) is 4. The van der Waals surface area contributed by atoms with Crippen molar-refractivity contribution in [2.75, 3.05) is 19.6 Å². The number of fused-ring (bicyclic) bond motifs is 1. The zero-order valence-electron chi connectivity index (χ0n) is 15.0. The average molecular weight is 339 g/mol. The van der Waals surface area contributed by atoms with E-state index >= 15 is 0 Å². The minimum absolute atomic E-state index is 0.189. The van der Waals surface area contributed by atoms with Crippen molar-refractivity contribution in [3.05, 3.63) is 52.4 Å². The van der Waals surface area contributed by atoms with Crippen LogP contribution in [0.15, 0.2) is 28.8 Å². The van der Waals surface area contributed by atoms with E-state index in [1.54, 1.807) is 0 Å².